The van der Waals surface area contributed by atoms with Crippen LogP contribution in [-0.2, 0) is 13.6 Å². The lowest BCUT2D eigenvalue weighted by Crippen LogP contribution is -2.19. The van der Waals surface area contributed by atoms with Crippen LogP contribution < -0.4 is 0 Å². The fraction of sp³-hybridized carbons (Fsp3) is 0.348. The number of aromatic nitrogens is 1. The summed E-state index contributed by atoms with van der Waals surface area (Å²) < 4.78 is 2.03. The summed E-state index contributed by atoms with van der Waals surface area (Å²) in [4.78, 5) is 14.9. The lowest BCUT2D eigenvalue weighted by Gasteiger charge is -2.17. The van der Waals surface area contributed by atoms with Crippen LogP contribution in [0.5, 0.6) is 0 Å². The van der Waals surface area contributed by atoms with Crippen molar-refractivity contribution >= 4 is 39.9 Å². The van der Waals surface area contributed by atoms with E-state index in [1.165, 1.54) is 0 Å². The molecular formula is C23H26Cl2N2O. The maximum absolute atomic E-state index is 12.6. The number of hydrogen-bond acceptors (Lipinski definition) is 2. The van der Waals surface area contributed by atoms with Crippen molar-refractivity contribution in [1.82, 2.24) is 9.47 Å². The second kappa shape index (κ2) is 9.60. The van der Waals surface area contributed by atoms with Gasteiger partial charge in [-0.25, -0.2) is 0 Å². The molecule has 0 aliphatic carbocycles. The molecule has 28 heavy (non-hydrogen) atoms. The molecule has 0 fully saturated rings. The number of carbonyl (C=O) groups is 1. The van der Waals surface area contributed by atoms with Crippen LogP contribution in [0.1, 0.15) is 41.6 Å². The third-order valence-corrected chi connectivity index (χ3v) is 5.68. The van der Waals surface area contributed by atoms with Gasteiger partial charge in [0.1, 0.15) is 0 Å². The molecule has 1 aromatic heterocycles. The molecule has 1 heterocycles. The van der Waals surface area contributed by atoms with E-state index in [4.69, 9.17) is 23.2 Å². The van der Waals surface area contributed by atoms with E-state index < -0.39 is 0 Å². The molecule has 5 heteroatoms. The summed E-state index contributed by atoms with van der Waals surface area (Å²) in [5.74, 6) is 0.234. The molecule has 0 radical (unpaired) electrons. The lowest BCUT2D eigenvalue weighted by atomic mass is 10.0. The number of benzene rings is 2. The lowest BCUT2D eigenvalue weighted by molar-refractivity contribution is 0.0980. The van der Waals surface area contributed by atoms with Crippen LogP contribution in [0.15, 0.2) is 48.7 Å². The van der Waals surface area contributed by atoms with Crippen molar-refractivity contribution in [2.24, 2.45) is 7.05 Å². The van der Waals surface area contributed by atoms with Crippen molar-refractivity contribution in [3.63, 3.8) is 0 Å². The Morgan fingerprint density at radius 1 is 1.07 bits per heavy atom. The van der Waals surface area contributed by atoms with Gasteiger partial charge in [0.2, 0.25) is 0 Å². The number of para-hydroxylation sites is 1. The van der Waals surface area contributed by atoms with Crippen molar-refractivity contribution < 1.29 is 4.79 Å². The van der Waals surface area contributed by atoms with Gasteiger partial charge in [-0.2, -0.15) is 0 Å². The first-order valence-corrected chi connectivity index (χ1v) is 10.4. The van der Waals surface area contributed by atoms with Gasteiger partial charge in [0, 0.05) is 52.7 Å². The number of nitrogens with zero attached hydrogens (tertiary/aromatic N) is 2. The first-order valence-electron chi connectivity index (χ1n) is 9.65. The first-order chi connectivity index (χ1) is 13.5. The molecule has 0 aliphatic heterocycles. The van der Waals surface area contributed by atoms with E-state index in [0.29, 0.717) is 16.5 Å². The number of Topliss-reactive ketones (excluding diaryl/α,β-unsaturated/α-hetero) is 1. The van der Waals surface area contributed by atoms with Crippen LogP contribution in [0.25, 0.3) is 10.9 Å². The zero-order chi connectivity index (χ0) is 20.1. The molecule has 0 aliphatic rings. The first kappa shape index (κ1) is 20.9. The number of fused-ring (bicyclic) bond motifs is 1. The number of aryl methyl sites for hydroxylation is 1. The third kappa shape index (κ3) is 5.16. The van der Waals surface area contributed by atoms with Gasteiger partial charge in [-0.05, 0) is 50.2 Å². The molecule has 0 saturated carbocycles. The quantitative estimate of drug-likeness (QED) is 0.299. The number of unbranched alkanes of at least 4 members (excludes halogenated alkanes) is 2. The summed E-state index contributed by atoms with van der Waals surface area (Å²) in [6, 6.07) is 13.7. The minimum Gasteiger partial charge on any atom is -0.350 e. The number of carbonyl (C=O) groups excluding carboxylic acids is 1. The van der Waals surface area contributed by atoms with E-state index in [2.05, 4.69) is 18.0 Å². The molecule has 0 N–H and O–H groups in total. The van der Waals surface area contributed by atoms with E-state index in [-0.39, 0.29) is 5.78 Å². The normalized spacial score (nSPS) is 11.5. The molecule has 0 bridgehead atoms. The van der Waals surface area contributed by atoms with Gasteiger partial charge in [0.05, 0.1) is 0 Å². The number of halogens is 2. The van der Waals surface area contributed by atoms with Gasteiger partial charge >= 0.3 is 0 Å². The Kier molecular flexibility index (Phi) is 7.17. The van der Waals surface area contributed by atoms with Crippen molar-refractivity contribution in [2.45, 2.75) is 32.2 Å². The SMILES string of the molecule is CN(CCCCCC(=O)c1cn(C)c2ccccc12)Cc1ccc(Cl)cc1Cl. The fourth-order valence-electron chi connectivity index (χ4n) is 3.56. The Labute approximate surface area is 176 Å². The van der Waals surface area contributed by atoms with E-state index in [9.17, 15) is 4.79 Å². The molecule has 148 valence electrons. The maximum atomic E-state index is 12.6. The molecule has 0 amide bonds. The Balaban J connectivity index is 1.42. The van der Waals surface area contributed by atoms with E-state index in [0.717, 1.165) is 54.4 Å². The summed E-state index contributed by atoms with van der Waals surface area (Å²) in [7, 11) is 4.08. The minimum absolute atomic E-state index is 0.234. The largest absolute Gasteiger partial charge is 0.350 e. The topological polar surface area (TPSA) is 25.2 Å². The van der Waals surface area contributed by atoms with Gasteiger partial charge in [-0.15, -0.1) is 0 Å². The van der Waals surface area contributed by atoms with E-state index >= 15 is 0 Å². The molecule has 0 saturated heterocycles. The minimum atomic E-state index is 0.234. The molecule has 3 rings (SSSR count). The Morgan fingerprint density at radius 2 is 1.86 bits per heavy atom. The summed E-state index contributed by atoms with van der Waals surface area (Å²) in [5, 5.41) is 2.42. The van der Waals surface area contributed by atoms with Gasteiger partial charge in [-0.1, -0.05) is 53.9 Å². The summed E-state index contributed by atoms with van der Waals surface area (Å²) >= 11 is 12.2. The summed E-state index contributed by atoms with van der Waals surface area (Å²) in [6.45, 7) is 1.77. The Bertz CT molecular complexity index is 964. The Hall–Kier alpha value is -1.81. The highest BCUT2D eigenvalue weighted by molar-refractivity contribution is 6.35. The van der Waals surface area contributed by atoms with E-state index in [1.807, 2.05) is 48.1 Å². The number of hydrogen-bond donors (Lipinski definition) is 0. The fourth-order valence-corrected chi connectivity index (χ4v) is 4.03. The van der Waals surface area contributed by atoms with Crippen LogP contribution in [0, 0.1) is 0 Å². The van der Waals surface area contributed by atoms with Crippen LogP contribution in [0.2, 0.25) is 10.0 Å². The second-order valence-corrected chi connectivity index (χ2v) is 8.22. The second-order valence-electron chi connectivity index (χ2n) is 7.38. The summed E-state index contributed by atoms with van der Waals surface area (Å²) in [6.07, 6.45) is 5.56. The zero-order valence-corrected chi connectivity index (χ0v) is 17.9. The molecule has 3 aromatic rings. The van der Waals surface area contributed by atoms with Crippen LogP contribution >= 0.6 is 23.2 Å². The monoisotopic (exact) mass is 416 g/mol. The van der Waals surface area contributed by atoms with Gasteiger partial charge < -0.3 is 9.47 Å². The van der Waals surface area contributed by atoms with Crippen molar-refractivity contribution in [1.29, 1.82) is 0 Å². The average Bonchev–Trinajstić information content (AvgIpc) is 3.01. The molecular weight excluding hydrogens is 391 g/mol. The predicted molar refractivity (Wildman–Crippen MR) is 119 cm³/mol. The van der Waals surface area contributed by atoms with Crippen LogP contribution in [0.4, 0.5) is 0 Å². The predicted octanol–water partition coefficient (Wildman–Crippen LogP) is 6.36. The number of rotatable bonds is 9. The average molecular weight is 417 g/mol. The van der Waals surface area contributed by atoms with Gasteiger partial charge in [0.15, 0.2) is 5.78 Å². The number of ketones is 1. The molecule has 0 unspecified atom stereocenters. The standard InChI is InChI=1S/C23H26Cl2N2O/c1-26(15-17-11-12-18(24)14-21(17)25)13-7-3-4-10-23(28)20-16-27(2)22-9-6-5-8-19(20)22/h5-6,8-9,11-12,14,16H,3-4,7,10,13,15H2,1-2H3. The van der Waals surface area contributed by atoms with Crippen LogP contribution in [0.3, 0.4) is 0 Å². The van der Waals surface area contributed by atoms with Crippen molar-refractivity contribution in [2.75, 3.05) is 13.6 Å². The molecule has 2 aromatic carbocycles. The van der Waals surface area contributed by atoms with Gasteiger partial charge in [0.25, 0.3) is 0 Å². The maximum Gasteiger partial charge on any atom is 0.165 e. The van der Waals surface area contributed by atoms with E-state index in [1.54, 1.807) is 6.07 Å². The van der Waals surface area contributed by atoms with Gasteiger partial charge in [-0.3, -0.25) is 4.79 Å². The Morgan fingerprint density at radius 3 is 2.64 bits per heavy atom. The van der Waals surface area contributed by atoms with Crippen LogP contribution in [-0.4, -0.2) is 28.8 Å². The highest BCUT2D eigenvalue weighted by Crippen LogP contribution is 2.23. The smallest absolute Gasteiger partial charge is 0.165 e. The zero-order valence-electron chi connectivity index (χ0n) is 16.4. The third-order valence-electron chi connectivity index (χ3n) is 5.10. The molecule has 0 spiro atoms. The highest BCUT2D eigenvalue weighted by atomic mass is 35.5. The van der Waals surface area contributed by atoms with Crippen molar-refractivity contribution in [3.8, 4) is 0 Å². The summed E-state index contributed by atoms with van der Waals surface area (Å²) in [5.41, 5.74) is 3.03. The van der Waals surface area contributed by atoms with Crippen molar-refractivity contribution in [3.05, 3.63) is 69.8 Å². The molecule has 0 atom stereocenters. The highest BCUT2D eigenvalue weighted by Gasteiger charge is 2.13. The molecule has 3 nitrogen and oxygen atoms in total.